The van der Waals surface area contributed by atoms with Crippen LogP contribution in [0.1, 0.15) is 49.1 Å². The first-order valence-corrected chi connectivity index (χ1v) is 14.7. The van der Waals surface area contributed by atoms with Crippen LogP contribution in [0.4, 0.5) is 11.6 Å². The van der Waals surface area contributed by atoms with E-state index in [1.165, 1.54) is 5.56 Å². The number of fused-ring (bicyclic) bond motifs is 1. The quantitative estimate of drug-likeness (QED) is 0.644. The van der Waals surface area contributed by atoms with Crippen molar-refractivity contribution in [2.45, 2.75) is 54.9 Å². The summed E-state index contributed by atoms with van der Waals surface area (Å²) in [7, 11) is -3.50. The molecule has 0 radical (unpaired) electrons. The van der Waals surface area contributed by atoms with E-state index in [4.69, 9.17) is 11.6 Å². The van der Waals surface area contributed by atoms with Crippen LogP contribution in [-0.4, -0.2) is 47.9 Å². The fourth-order valence-corrected chi connectivity index (χ4v) is 8.48. The fraction of sp³-hybridized carbons (Fsp3) is 0.522. The van der Waals surface area contributed by atoms with Crippen LogP contribution in [0, 0.1) is 0 Å². The highest BCUT2D eigenvalue weighted by Crippen LogP contribution is 2.40. The first-order valence-electron chi connectivity index (χ1n) is 11.2. The number of nitrogens with one attached hydrogen (secondary N) is 1. The predicted octanol–water partition coefficient (Wildman–Crippen LogP) is 4.40. The number of nitrogens with zero attached hydrogens (tertiary/aromatic N) is 2. The van der Waals surface area contributed by atoms with Crippen molar-refractivity contribution in [3.05, 3.63) is 46.5 Å². The van der Waals surface area contributed by atoms with Gasteiger partial charge in [0.1, 0.15) is 5.82 Å². The van der Waals surface area contributed by atoms with E-state index in [2.05, 4.69) is 26.8 Å². The molecule has 2 N–H and O–H groups in total. The summed E-state index contributed by atoms with van der Waals surface area (Å²) in [5, 5.41) is 14.0. The Labute approximate surface area is 196 Å². The van der Waals surface area contributed by atoms with E-state index in [-0.39, 0.29) is 6.61 Å². The Kier molecular flexibility index (Phi) is 6.07. The highest BCUT2D eigenvalue weighted by molar-refractivity contribution is 7.93. The van der Waals surface area contributed by atoms with E-state index in [9.17, 15) is 13.5 Å². The lowest BCUT2D eigenvalue weighted by atomic mass is 9.77. The molecule has 0 bridgehead atoms. The van der Waals surface area contributed by atoms with Crippen LogP contribution in [0.2, 0.25) is 5.02 Å². The monoisotopic (exact) mass is 493 g/mol. The molecule has 0 spiro atoms. The number of pyridine rings is 1. The second kappa shape index (κ2) is 8.70. The Bertz CT molecular complexity index is 1150. The molecule has 5 rings (SSSR count). The van der Waals surface area contributed by atoms with Gasteiger partial charge in [0.05, 0.1) is 37.6 Å². The molecule has 1 atom stereocenters. The molecule has 1 saturated heterocycles. The zero-order chi connectivity index (χ0) is 22.3. The van der Waals surface area contributed by atoms with Crippen LogP contribution in [-0.2, 0) is 26.9 Å². The summed E-state index contributed by atoms with van der Waals surface area (Å²) >= 11 is 6.00. The molecule has 32 heavy (non-hydrogen) atoms. The molecule has 1 aromatic carbocycles. The van der Waals surface area contributed by atoms with Crippen LogP contribution in [0.25, 0.3) is 0 Å². The third-order valence-corrected chi connectivity index (χ3v) is 11.0. The van der Waals surface area contributed by atoms with Crippen LogP contribution >= 0.6 is 11.6 Å². The van der Waals surface area contributed by atoms with Crippen molar-refractivity contribution in [3.8, 4) is 0 Å². The second-order valence-electron chi connectivity index (χ2n) is 9.13. The number of hydrogen-bond acceptors (Lipinski definition) is 6. The molecule has 2 fully saturated rings. The van der Waals surface area contributed by atoms with Gasteiger partial charge in [-0.15, -0.1) is 0 Å². The summed E-state index contributed by atoms with van der Waals surface area (Å²) in [4.78, 5) is 5.39. The van der Waals surface area contributed by atoms with E-state index in [1.54, 1.807) is 0 Å². The van der Waals surface area contributed by atoms with Crippen molar-refractivity contribution in [1.82, 2.24) is 4.98 Å². The van der Waals surface area contributed by atoms with E-state index in [0.717, 1.165) is 47.6 Å². The molecule has 3 heterocycles. The minimum Gasteiger partial charge on any atom is -0.394 e. The Morgan fingerprint density at radius 1 is 1.25 bits per heavy atom. The number of rotatable bonds is 5. The van der Waals surface area contributed by atoms with Crippen molar-refractivity contribution in [3.63, 3.8) is 0 Å². The summed E-state index contributed by atoms with van der Waals surface area (Å²) in [6.07, 6.45) is 5.10. The van der Waals surface area contributed by atoms with Gasteiger partial charge in [-0.3, -0.25) is 4.21 Å². The largest absolute Gasteiger partial charge is 0.394 e. The molecule has 3 aliphatic rings. The lowest BCUT2D eigenvalue weighted by Crippen LogP contribution is -2.48. The highest BCUT2D eigenvalue weighted by Gasteiger charge is 2.38. The topological polar surface area (TPSA) is 91.7 Å². The molecule has 1 saturated carbocycles. The average molecular weight is 494 g/mol. The van der Waals surface area contributed by atoms with E-state index in [0.29, 0.717) is 41.2 Å². The first-order chi connectivity index (χ1) is 15.4. The van der Waals surface area contributed by atoms with Crippen molar-refractivity contribution in [1.29, 1.82) is 0 Å². The van der Waals surface area contributed by atoms with Gasteiger partial charge in [-0.1, -0.05) is 23.7 Å². The molecular weight excluding hydrogens is 466 g/mol. The second-order valence-corrected chi connectivity index (χ2v) is 13.6. The lowest BCUT2D eigenvalue weighted by Gasteiger charge is -2.41. The lowest BCUT2D eigenvalue weighted by molar-refractivity contribution is 0.143. The van der Waals surface area contributed by atoms with E-state index in [1.807, 2.05) is 18.2 Å². The maximum Gasteiger partial charge on any atom is 0.164 e. The van der Waals surface area contributed by atoms with Gasteiger partial charge in [0.25, 0.3) is 0 Å². The van der Waals surface area contributed by atoms with Gasteiger partial charge in [0, 0.05) is 22.3 Å². The Hall–Kier alpha value is -1.48. The number of aliphatic hydroxyl groups is 1. The van der Waals surface area contributed by atoms with Gasteiger partial charge in [-0.2, -0.15) is 4.36 Å². The van der Waals surface area contributed by atoms with E-state index < -0.39 is 26.1 Å². The summed E-state index contributed by atoms with van der Waals surface area (Å²) in [5.74, 6) is 3.01. The van der Waals surface area contributed by atoms with Crippen molar-refractivity contribution >= 4 is 43.8 Å². The molecule has 1 aliphatic carbocycles. The fourth-order valence-electron chi connectivity index (χ4n) is 4.85. The summed E-state index contributed by atoms with van der Waals surface area (Å²) in [6.45, 7) is 0.0142. The van der Waals surface area contributed by atoms with Gasteiger partial charge >= 0.3 is 0 Å². The van der Waals surface area contributed by atoms with Gasteiger partial charge in [0.2, 0.25) is 0 Å². The van der Waals surface area contributed by atoms with Crippen molar-refractivity contribution in [2.75, 3.05) is 29.2 Å². The van der Waals surface area contributed by atoms with Crippen LogP contribution < -0.4 is 5.32 Å². The minimum absolute atomic E-state index is 0.0142. The van der Waals surface area contributed by atoms with E-state index >= 15 is 0 Å². The maximum absolute atomic E-state index is 13.5. The number of aliphatic hydroxyl groups excluding tert-OH is 1. The Morgan fingerprint density at radius 3 is 2.59 bits per heavy atom. The minimum atomic E-state index is -2.40. The average Bonchev–Trinajstić information content (AvgIpc) is 3.12. The number of benzene rings is 1. The van der Waals surface area contributed by atoms with Crippen LogP contribution in [0.3, 0.4) is 0 Å². The number of hydrogen-bond donors (Lipinski definition) is 2. The van der Waals surface area contributed by atoms with Crippen LogP contribution in [0.5, 0.6) is 0 Å². The zero-order valence-electron chi connectivity index (χ0n) is 17.9. The summed E-state index contributed by atoms with van der Waals surface area (Å²) in [5.41, 5.74) is 1.80. The maximum atomic E-state index is 13.5. The normalized spacial score (nSPS) is 28.6. The molecule has 0 unspecified atom stereocenters. The summed E-state index contributed by atoms with van der Waals surface area (Å²) in [6, 6.07) is 9.77. The smallest absolute Gasteiger partial charge is 0.164 e. The molecule has 0 amide bonds. The number of aryl methyl sites for hydroxylation is 1. The Morgan fingerprint density at radius 2 is 1.97 bits per heavy atom. The van der Waals surface area contributed by atoms with Crippen molar-refractivity contribution in [2.24, 2.45) is 4.36 Å². The van der Waals surface area contributed by atoms with Gasteiger partial charge in [-0.25, -0.2) is 9.19 Å². The van der Waals surface area contributed by atoms with Gasteiger partial charge in [-0.05, 0) is 73.8 Å². The van der Waals surface area contributed by atoms with Gasteiger partial charge in [0.15, 0.2) is 5.82 Å². The highest BCUT2D eigenvalue weighted by atomic mass is 35.5. The Balaban J connectivity index is 1.41. The SMILES string of the molecule is O=[S@]1CCc2cc(N=S3(=O)CCC(c4ccc(Cl)cc4)CC3)nc(NC3(CO)CCC3)c21. The molecule has 172 valence electrons. The molecule has 6 nitrogen and oxygen atoms in total. The third kappa shape index (κ3) is 4.34. The number of halogens is 1. The summed E-state index contributed by atoms with van der Waals surface area (Å²) < 4.78 is 30.8. The first kappa shape index (κ1) is 22.3. The zero-order valence-corrected chi connectivity index (χ0v) is 20.3. The van der Waals surface area contributed by atoms with Gasteiger partial charge < -0.3 is 10.4 Å². The molecular formula is C23H28ClN3O3S2. The molecule has 2 aromatic rings. The number of anilines is 1. The molecule has 1 aromatic heterocycles. The molecule has 2 aliphatic heterocycles. The standard InChI is InChI=1S/C23H28ClN3O3S2/c24-19-4-2-16(3-5-19)17-7-12-32(30,13-8-17)27-20-14-18-6-11-31(29)21(18)22(25-20)26-23(15-28)9-1-10-23/h2-5,14,17,28H,1,6-13,15H2,(H,25,26)/t17?,31-,32?/m0/s1. The molecule has 9 heteroatoms. The third-order valence-electron chi connectivity index (χ3n) is 6.99. The van der Waals surface area contributed by atoms with Crippen LogP contribution in [0.15, 0.2) is 39.6 Å². The van der Waals surface area contributed by atoms with Crippen molar-refractivity contribution < 1.29 is 13.5 Å². The predicted molar refractivity (Wildman–Crippen MR) is 130 cm³/mol. The number of aromatic nitrogens is 1.